The monoisotopic (exact) mass is 423 g/mol. The van der Waals surface area contributed by atoms with Gasteiger partial charge < -0.3 is 4.90 Å². The summed E-state index contributed by atoms with van der Waals surface area (Å²) in [6, 6.07) is 13.1. The summed E-state index contributed by atoms with van der Waals surface area (Å²) in [5.41, 5.74) is 5.04. The first-order chi connectivity index (χ1) is 10.5. The molecular weight excluding hydrogens is 410 g/mol. The van der Waals surface area contributed by atoms with E-state index < -0.39 is 0 Å². The second kappa shape index (κ2) is 7.56. The van der Waals surface area contributed by atoms with E-state index in [2.05, 4.69) is 42.4 Å². The first-order valence-electron chi connectivity index (χ1n) is 6.54. The largest absolute Gasteiger partial charge is 0.377 e. The average molecular weight is 425 g/mol. The molecule has 1 amide bonds. The molecule has 0 aliphatic rings. The van der Waals surface area contributed by atoms with Crippen LogP contribution in [0.2, 0.25) is 0 Å². The number of halogens is 2. The van der Waals surface area contributed by atoms with Gasteiger partial charge >= 0.3 is 0 Å². The van der Waals surface area contributed by atoms with Crippen molar-refractivity contribution in [2.75, 3.05) is 19.0 Å². The fourth-order valence-corrected chi connectivity index (χ4v) is 3.05. The van der Waals surface area contributed by atoms with Crippen LogP contribution in [-0.4, -0.2) is 26.2 Å². The highest BCUT2D eigenvalue weighted by Gasteiger charge is 2.07. The molecular formula is C16H15Br2N3O. The number of hydrogen-bond donors (Lipinski definition) is 1. The van der Waals surface area contributed by atoms with Gasteiger partial charge in [0.25, 0.3) is 5.91 Å². The van der Waals surface area contributed by atoms with Crippen molar-refractivity contribution in [1.29, 1.82) is 0 Å². The van der Waals surface area contributed by atoms with Crippen molar-refractivity contribution in [3.05, 3.63) is 62.5 Å². The summed E-state index contributed by atoms with van der Waals surface area (Å²) in [7, 11) is 3.96. The van der Waals surface area contributed by atoms with Crippen LogP contribution < -0.4 is 10.3 Å². The summed E-state index contributed by atoms with van der Waals surface area (Å²) in [4.78, 5) is 14.0. The molecule has 2 rings (SSSR count). The molecule has 0 aliphatic heterocycles. The number of anilines is 1. The second-order valence-corrected chi connectivity index (χ2v) is 6.49. The first kappa shape index (κ1) is 16.7. The zero-order valence-electron chi connectivity index (χ0n) is 12.2. The molecule has 4 nitrogen and oxygen atoms in total. The van der Waals surface area contributed by atoms with Gasteiger partial charge in [0, 0.05) is 23.0 Å². The SMILES string of the molecule is CN(C)c1ccc(/C=N\NC(=O)c2ccccc2Br)cc1Br. The lowest BCUT2D eigenvalue weighted by molar-refractivity contribution is 0.0954. The van der Waals surface area contributed by atoms with Gasteiger partial charge in [-0.1, -0.05) is 18.2 Å². The van der Waals surface area contributed by atoms with Crippen LogP contribution in [0.1, 0.15) is 15.9 Å². The van der Waals surface area contributed by atoms with Crippen LogP contribution in [0.4, 0.5) is 5.69 Å². The third-order valence-corrected chi connectivity index (χ3v) is 4.28. The Morgan fingerprint density at radius 1 is 1.14 bits per heavy atom. The van der Waals surface area contributed by atoms with Crippen LogP contribution in [0.3, 0.4) is 0 Å². The van der Waals surface area contributed by atoms with Gasteiger partial charge in [0.1, 0.15) is 0 Å². The van der Waals surface area contributed by atoms with E-state index in [4.69, 9.17) is 0 Å². The third-order valence-electron chi connectivity index (χ3n) is 2.95. The molecule has 0 atom stereocenters. The molecule has 0 saturated carbocycles. The van der Waals surface area contributed by atoms with E-state index >= 15 is 0 Å². The van der Waals surface area contributed by atoms with Crippen molar-refractivity contribution in [2.24, 2.45) is 5.10 Å². The molecule has 0 spiro atoms. The maximum absolute atomic E-state index is 12.0. The molecule has 0 bridgehead atoms. The Balaban J connectivity index is 2.05. The Morgan fingerprint density at radius 3 is 2.50 bits per heavy atom. The highest BCUT2D eigenvalue weighted by atomic mass is 79.9. The van der Waals surface area contributed by atoms with Gasteiger partial charge in [-0.25, -0.2) is 5.43 Å². The minimum Gasteiger partial charge on any atom is -0.377 e. The van der Waals surface area contributed by atoms with Crippen LogP contribution in [0, 0.1) is 0 Å². The van der Waals surface area contributed by atoms with E-state index in [1.165, 1.54) is 0 Å². The molecule has 6 heteroatoms. The lowest BCUT2D eigenvalue weighted by Gasteiger charge is -2.14. The summed E-state index contributed by atoms with van der Waals surface area (Å²) in [6.45, 7) is 0. The Kier molecular flexibility index (Phi) is 5.74. The number of nitrogens with zero attached hydrogens (tertiary/aromatic N) is 2. The van der Waals surface area contributed by atoms with Crippen LogP contribution >= 0.6 is 31.9 Å². The number of carbonyl (C=O) groups excluding carboxylic acids is 1. The van der Waals surface area contributed by atoms with Gasteiger partial charge in [0.2, 0.25) is 0 Å². The van der Waals surface area contributed by atoms with Gasteiger partial charge in [-0.15, -0.1) is 0 Å². The van der Waals surface area contributed by atoms with E-state index in [9.17, 15) is 4.79 Å². The summed E-state index contributed by atoms with van der Waals surface area (Å²) in [5, 5.41) is 3.99. The van der Waals surface area contributed by atoms with Crippen LogP contribution in [0.15, 0.2) is 56.5 Å². The number of hydrogen-bond acceptors (Lipinski definition) is 3. The molecule has 2 aromatic carbocycles. The average Bonchev–Trinajstić information content (AvgIpc) is 2.47. The van der Waals surface area contributed by atoms with Crippen molar-refractivity contribution >= 4 is 49.7 Å². The number of carbonyl (C=O) groups is 1. The number of rotatable bonds is 4. The molecule has 0 radical (unpaired) electrons. The fraction of sp³-hybridized carbons (Fsp3) is 0.125. The molecule has 0 aliphatic carbocycles. The van der Waals surface area contributed by atoms with Gasteiger partial charge in [-0.05, 0) is 61.7 Å². The Bertz CT molecular complexity index is 714. The molecule has 1 N–H and O–H groups in total. The van der Waals surface area contributed by atoms with Gasteiger partial charge in [0.15, 0.2) is 0 Å². The normalized spacial score (nSPS) is 10.7. The molecule has 0 unspecified atom stereocenters. The van der Waals surface area contributed by atoms with E-state index in [1.54, 1.807) is 18.3 Å². The Hall–Kier alpha value is -1.66. The molecule has 0 fully saturated rings. The molecule has 22 heavy (non-hydrogen) atoms. The predicted octanol–water partition coefficient (Wildman–Crippen LogP) is 4.04. The van der Waals surface area contributed by atoms with E-state index in [-0.39, 0.29) is 5.91 Å². The summed E-state index contributed by atoms with van der Waals surface area (Å²) in [6.07, 6.45) is 1.61. The fourth-order valence-electron chi connectivity index (χ4n) is 1.84. The second-order valence-electron chi connectivity index (χ2n) is 4.78. The molecule has 0 heterocycles. The number of hydrazone groups is 1. The third kappa shape index (κ3) is 4.18. The highest BCUT2D eigenvalue weighted by molar-refractivity contribution is 9.11. The smallest absolute Gasteiger partial charge is 0.272 e. The standard InChI is InChI=1S/C16H15Br2N3O/c1-21(2)15-8-7-11(9-14(15)18)10-19-20-16(22)12-5-3-4-6-13(12)17/h3-10H,1-2H3,(H,20,22)/b19-10-. The molecule has 2 aromatic rings. The van der Waals surface area contributed by atoms with Gasteiger partial charge in [-0.3, -0.25) is 4.79 Å². The van der Waals surface area contributed by atoms with Gasteiger partial charge in [0.05, 0.1) is 17.5 Å². The van der Waals surface area contributed by atoms with Crippen molar-refractivity contribution in [2.45, 2.75) is 0 Å². The highest BCUT2D eigenvalue weighted by Crippen LogP contribution is 2.25. The van der Waals surface area contributed by atoms with Crippen molar-refractivity contribution in [1.82, 2.24) is 5.43 Å². The van der Waals surface area contributed by atoms with Crippen LogP contribution in [0.5, 0.6) is 0 Å². The number of benzene rings is 2. The Morgan fingerprint density at radius 2 is 1.86 bits per heavy atom. The molecule has 0 saturated heterocycles. The van der Waals surface area contributed by atoms with Crippen molar-refractivity contribution < 1.29 is 4.79 Å². The van der Waals surface area contributed by atoms with E-state index in [1.807, 2.05) is 49.3 Å². The molecule has 114 valence electrons. The first-order valence-corrected chi connectivity index (χ1v) is 8.12. The minimum absolute atomic E-state index is 0.257. The summed E-state index contributed by atoms with van der Waals surface area (Å²) < 4.78 is 1.71. The maximum Gasteiger partial charge on any atom is 0.272 e. The topological polar surface area (TPSA) is 44.7 Å². The zero-order valence-corrected chi connectivity index (χ0v) is 15.3. The zero-order chi connectivity index (χ0) is 16.1. The van der Waals surface area contributed by atoms with Crippen molar-refractivity contribution in [3.8, 4) is 0 Å². The maximum atomic E-state index is 12.0. The predicted molar refractivity (Wildman–Crippen MR) is 97.7 cm³/mol. The number of nitrogens with one attached hydrogen (secondary N) is 1. The summed E-state index contributed by atoms with van der Waals surface area (Å²) >= 11 is 6.86. The van der Waals surface area contributed by atoms with E-state index in [0.29, 0.717) is 5.56 Å². The lowest BCUT2D eigenvalue weighted by atomic mass is 10.2. The van der Waals surface area contributed by atoms with E-state index in [0.717, 1.165) is 20.2 Å². The Labute approximate surface area is 146 Å². The quantitative estimate of drug-likeness (QED) is 0.594. The van der Waals surface area contributed by atoms with Gasteiger partial charge in [-0.2, -0.15) is 5.10 Å². The molecule has 0 aromatic heterocycles. The van der Waals surface area contributed by atoms with Crippen LogP contribution in [-0.2, 0) is 0 Å². The summed E-state index contributed by atoms with van der Waals surface area (Å²) in [5.74, 6) is -0.257. The van der Waals surface area contributed by atoms with Crippen molar-refractivity contribution in [3.63, 3.8) is 0 Å². The lowest BCUT2D eigenvalue weighted by Crippen LogP contribution is -2.18. The number of amides is 1. The van der Waals surface area contributed by atoms with Crippen LogP contribution in [0.25, 0.3) is 0 Å². The minimum atomic E-state index is -0.257.